The first kappa shape index (κ1) is 18.8. The quantitative estimate of drug-likeness (QED) is 0.569. The molecule has 0 saturated heterocycles. The van der Waals surface area contributed by atoms with Gasteiger partial charge in [-0.15, -0.1) is 0 Å². The normalized spacial score (nSPS) is 11.9. The molecule has 1 amide bonds. The predicted molar refractivity (Wildman–Crippen MR) is 105 cm³/mol. The number of rotatable bonds is 8. The molecule has 6 heteroatoms. The molecule has 1 heterocycles. The van der Waals surface area contributed by atoms with E-state index in [4.69, 9.17) is 5.73 Å². The van der Waals surface area contributed by atoms with Gasteiger partial charge >= 0.3 is 0 Å². The summed E-state index contributed by atoms with van der Waals surface area (Å²) in [6.45, 7) is 0.610. The topological polar surface area (TPSA) is 95.2 Å². The van der Waals surface area contributed by atoms with Crippen LogP contribution in [0, 0.1) is 0 Å². The number of aromatic nitrogens is 2. The first-order chi connectivity index (χ1) is 13.2. The van der Waals surface area contributed by atoms with Crippen molar-refractivity contribution in [2.45, 2.75) is 19.0 Å². The van der Waals surface area contributed by atoms with Crippen molar-refractivity contribution in [3.8, 4) is 11.1 Å². The van der Waals surface area contributed by atoms with E-state index >= 15 is 0 Å². The van der Waals surface area contributed by atoms with E-state index in [1.807, 2.05) is 60.8 Å². The van der Waals surface area contributed by atoms with Crippen LogP contribution in [0.2, 0.25) is 0 Å². The van der Waals surface area contributed by atoms with E-state index in [1.165, 1.54) is 0 Å². The standard InChI is InChI=1S/C21H24N4O2/c22-20(12-16-6-8-18(9-7-16)19-13-23-24-14-19)21(27)25(10-11-26)15-17-4-2-1-3-5-17/h1-9,13-14,20,26H,10-12,15,22H2,(H,23,24)/t20-/m1/s1. The lowest BCUT2D eigenvalue weighted by molar-refractivity contribution is -0.133. The van der Waals surface area contributed by atoms with E-state index in [1.54, 1.807) is 11.1 Å². The van der Waals surface area contributed by atoms with E-state index in [-0.39, 0.29) is 19.1 Å². The summed E-state index contributed by atoms with van der Waals surface area (Å²) in [5, 5.41) is 16.1. The maximum atomic E-state index is 12.8. The Morgan fingerprint density at radius 3 is 2.44 bits per heavy atom. The molecule has 27 heavy (non-hydrogen) atoms. The van der Waals surface area contributed by atoms with Crippen molar-refractivity contribution in [2.75, 3.05) is 13.2 Å². The van der Waals surface area contributed by atoms with Crippen LogP contribution in [0.15, 0.2) is 67.0 Å². The van der Waals surface area contributed by atoms with Crippen molar-refractivity contribution in [1.82, 2.24) is 15.1 Å². The van der Waals surface area contributed by atoms with E-state index in [0.717, 1.165) is 22.3 Å². The predicted octanol–water partition coefficient (Wildman–Crippen LogP) is 1.97. The molecule has 1 atom stereocenters. The van der Waals surface area contributed by atoms with Gasteiger partial charge in [0.1, 0.15) is 0 Å². The fourth-order valence-corrected chi connectivity index (χ4v) is 3.01. The van der Waals surface area contributed by atoms with Crippen molar-refractivity contribution in [1.29, 1.82) is 0 Å². The number of aliphatic hydroxyl groups is 1. The van der Waals surface area contributed by atoms with Gasteiger partial charge in [-0.25, -0.2) is 0 Å². The Morgan fingerprint density at radius 2 is 1.81 bits per heavy atom. The molecule has 0 aliphatic heterocycles. The second kappa shape index (κ2) is 9.12. The molecule has 1 aromatic heterocycles. The molecule has 0 saturated carbocycles. The first-order valence-corrected chi connectivity index (χ1v) is 8.94. The number of hydrogen-bond acceptors (Lipinski definition) is 4. The summed E-state index contributed by atoms with van der Waals surface area (Å²) in [6, 6.07) is 17.0. The number of carbonyl (C=O) groups excluding carboxylic acids is 1. The fourth-order valence-electron chi connectivity index (χ4n) is 3.01. The minimum atomic E-state index is -0.653. The highest BCUT2D eigenvalue weighted by molar-refractivity contribution is 5.82. The lowest BCUT2D eigenvalue weighted by Crippen LogP contribution is -2.45. The highest BCUT2D eigenvalue weighted by atomic mass is 16.3. The zero-order chi connectivity index (χ0) is 19.1. The number of carbonyl (C=O) groups is 1. The first-order valence-electron chi connectivity index (χ1n) is 8.94. The number of aliphatic hydroxyl groups excluding tert-OH is 1. The van der Waals surface area contributed by atoms with Gasteiger partial charge in [-0.2, -0.15) is 5.10 Å². The van der Waals surface area contributed by atoms with E-state index in [0.29, 0.717) is 13.0 Å². The average Bonchev–Trinajstić information content (AvgIpc) is 3.23. The van der Waals surface area contributed by atoms with Gasteiger partial charge in [-0.3, -0.25) is 9.89 Å². The molecule has 3 rings (SSSR count). The Labute approximate surface area is 158 Å². The summed E-state index contributed by atoms with van der Waals surface area (Å²) in [4.78, 5) is 14.4. The summed E-state index contributed by atoms with van der Waals surface area (Å²) in [5.41, 5.74) is 10.2. The van der Waals surface area contributed by atoms with Crippen LogP contribution in [0.3, 0.4) is 0 Å². The lowest BCUT2D eigenvalue weighted by atomic mass is 10.0. The van der Waals surface area contributed by atoms with Crippen LogP contribution in [-0.2, 0) is 17.8 Å². The van der Waals surface area contributed by atoms with E-state index < -0.39 is 6.04 Å². The number of nitrogens with zero attached hydrogens (tertiary/aromatic N) is 2. The van der Waals surface area contributed by atoms with Crippen molar-refractivity contribution in [3.63, 3.8) is 0 Å². The largest absolute Gasteiger partial charge is 0.395 e. The van der Waals surface area contributed by atoms with Gasteiger partial charge in [0.15, 0.2) is 0 Å². The van der Waals surface area contributed by atoms with Crippen LogP contribution >= 0.6 is 0 Å². The van der Waals surface area contributed by atoms with Crippen LogP contribution in [0.4, 0.5) is 0 Å². The Morgan fingerprint density at radius 1 is 1.07 bits per heavy atom. The molecular weight excluding hydrogens is 340 g/mol. The minimum Gasteiger partial charge on any atom is -0.395 e. The number of amides is 1. The van der Waals surface area contributed by atoms with Crippen molar-refractivity contribution < 1.29 is 9.90 Å². The number of nitrogens with one attached hydrogen (secondary N) is 1. The van der Waals surface area contributed by atoms with Gasteiger partial charge in [-0.1, -0.05) is 54.6 Å². The third-order valence-corrected chi connectivity index (χ3v) is 4.46. The molecule has 0 spiro atoms. The summed E-state index contributed by atoms with van der Waals surface area (Å²) in [7, 11) is 0. The third-order valence-electron chi connectivity index (χ3n) is 4.46. The van der Waals surface area contributed by atoms with Crippen LogP contribution in [-0.4, -0.2) is 45.3 Å². The van der Waals surface area contributed by atoms with Gasteiger partial charge in [0.25, 0.3) is 0 Å². The summed E-state index contributed by atoms with van der Waals surface area (Å²) in [6.07, 6.45) is 4.04. The molecule has 140 valence electrons. The summed E-state index contributed by atoms with van der Waals surface area (Å²) in [5.74, 6) is -0.160. The van der Waals surface area contributed by atoms with Crippen LogP contribution < -0.4 is 5.73 Å². The lowest BCUT2D eigenvalue weighted by Gasteiger charge is -2.25. The Kier molecular flexibility index (Phi) is 6.35. The Bertz CT molecular complexity index is 832. The van der Waals surface area contributed by atoms with E-state index in [9.17, 15) is 9.90 Å². The molecule has 4 N–H and O–H groups in total. The third kappa shape index (κ3) is 5.03. The minimum absolute atomic E-state index is 0.0926. The number of aromatic amines is 1. The molecule has 0 unspecified atom stereocenters. The number of hydrogen-bond donors (Lipinski definition) is 3. The smallest absolute Gasteiger partial charge is 0.240 e. The SMILES string of the molecule is N[C@H](Cc1ccc(-c2cn[nH]c2)cc1)C(=O)N(CCO)Cc1ccccc1. The monoisotopic (exact) mass is 364 g/mol. The molecular formula is C21H24N4O2. The Hall–Kier alpha value is -2.96. The second-order valence-electron chi connectivity index (χ2n) is 6.46. The second-order valence-corrected chi connectivity index (χ2v) is 6.46. The van der Waals surface area contributed by atoms with Gasteiger partial charge < -0.3 is 15.7 Å². The molecule has 6 nitrogen and oxygen atoms in total. The number of H-pyrrole nitrogens is 1. The van der Waals surface area contributed by atoms with Crippen LogP contribution in [0.5, 0.6) is 0 Å². The molecule has 0 fully saturated rings. The van der Waals surface area contributed by atoms with Gasteiger partial charge in [0.05, 0.1) is 18.8 Å². The maximum Gasteiger partial charge on any atom is 0.240 e. The number of benzene rings is 2. The zero-order valence-corrected chi connectivity index (χ0v) is 15.1. The summed E-state index contributed by atoms with van der Waals surface area (Å²) < 4.78 is 0. The molecule has 3 aromatic rings. The molecule has 0 radical (unpaired) electrons. The van der Waals surface area contributed by atoms with Gasteiger partial charge in [0, 0.05) is 24.8 Å². The van der Waals surface area contributed by atoms with Gasteiger partial charge in [0.2, 0.25) is 5.91 Å². The van der Waals surface area contributed by atoms with Crippen molar-refractivity contribution in [3.05, 3.63) is 78.1 Å². The maximum absolute atomic E-state index is 12.8. The van der Waals surface area contributed by atoms with Crippen LogP contribution in [0.1, 0.15) is 11.1 Å². The highest BCUT2D eigenvalue weighted by Gasteiger charge is 2.21. The highest BCUT2D eigenvalue weighted by Crippen LogP contribution is 2.18. The zero-order valence-electron chi connectivity index (χ0n) is 15.1. The Balaban J connectivity index is 1.64. The summed E-state index contributed by atoms with van der Waals surface area (Å²) >= 11 is 0. The molecule has 0 bridgehead atoms. The van der Waals surface area contributed by atoms with Crippen LogP contribution in [0.25, 0.3) is 11.1 Å². The molecule has 2 aromatic carbocycles. The number of nitrogens with two attached hydrogens (primary N) is 1. The molecule has 0 aliphatic carbocycles. The van der Waals surface area contributed by atoms with Crippen molar-refractivity contribution in [2.24, 2.45) is 5.73 Å². The van der Waals surface area contributed by atoms with E-state index in [2.05, 4.69) is 10.2 Å². The molecule has 0 aliphatic rings. The van der Waals surface area contributed by atoms with Gasteiger partial charge in [-0.05, 0) is 23.1 Å². The average molecular weight is 364 g/mol. The fraction of sp³-hybridized carbons (Fsp3) is 0.238. The van der Waals surface area contributed by atoms with Crippen molar-refractivity contribution >= 4 is 5.91 Å².